The average molecular weight is 171 g/mol. The maximum Gasteiger partial charge on any atom is 0.260 e. The Morgan fingerprint density at radius 1 is 1.58 bits per heavy atom. The van der Waals surface area contributed by atoms with Gasteiger partial charge in [0.1, 0.15) is 0 Å². The molecule has 5 heteroatoms. The fourth-order valence-corrected chi connectivity index (χ4v) is 1.40. The molecule has 0 saturated carbocycles. The predicted octanol–water partition coefficient (Wildman–Crippen LogP) is 0.387. The molecule has 0 aromatic rings. The third-order valence-electron chi connectivity index (χ3n) is 2.00. The topological polar surface area (TPSA) is 58.7 Å². The van der Waals surface area contributed by atoms with E-state index in [0.717, 1.165) is 25.9 Å². The molecule has 0 N–H and O–H groups in total. The molecule has 0 atom stereocenters. The van der Waals surface area contributed by atoms with E-state index in [9.17, 15) is 10.1 Å². The Bertz CT molecular complexity index is 197. The Morgan fingerprint density at radius 2 is 2.17 bits per heavy atom. The van der Waals surface area contributed by atoms with Crippen LogP contribution >= 0.6 is 0 Å². The summed E-state index contributed by atoms with van der Waals surface area (Å²) in [5.41, 5.74) is 0. The highest BCUT2D eigenvalue weighted by atomic mass is 16.6. The molecule has 1 heterocycles. The molecular formula is C7H13N3O2. The largest absolute Gasteiger partial charge is 0.355 e. The zero-order valence-corrected chi connectivity index (χ0v) is 7.19. The highest BCUT2D eigenvalue weighted by molar-refractivity contribution is 5.83. The van der Waals surface area contributed by atoms with E-state index in [1.807, 2.05) is 4.90 Å². The lowest BCUT2D eigenvalue weighted by Gasteiger charge is -2.15. The molecule has 0 aromatic carbocycles. The van der Waals surface area contributed by atoms with Gasteiger partial charge in [-0.15, -0.1) is 0 Å². The molecule has 0 bridgehead atoms. The van der Waals surface area contributed by atoms with Crippen LogP contribution in [0.2, 0.25) is 0 Å². The van der Waals surface area contributed by atoms with Crippen LogP contribution in [0.15, 0.2) is 4.99 Å². The van der Waals surface area contributed by atoms with Gasteiger partial charge in [-0.1, -0.05) is 0 Å². The van der Waals surface area contributed by atoms with Crippen LogP contribution in [0.5, 0.6) is 0 Å². The minimum atomic E-state index is -0.333. The predicted molar refractivity (Wildman–Crippen MR) is 46.0 cm³/mol. The molecular weight excluding hydrogens is 158 g/mol. The van der Waals surface area contributed by atoms with Crippen molar-refractivity contribution in [2.75, 3.05) is 26.7 Å². The number of hydrogen-bond donors (Lipinski definition) is 0. The monoisotopic (exact) mass is 171 g/mol. The molecule has 0 radical (unpaired) electrons. The number of aliphatic imine (C=N–C) groups is 1. The summed E-state index contributed by atoms with van der Waals surface area (Å²) in [6.07, 6.45) is 2.24. The molecule has 1 aliphatic heterocycles. The Hall–Kier alpha value is -1.13. The lowest BCUT2D eigenvalue weighted by atomic mass is 10.4. The molecule has 68 valence electrons. The summed E-state index contributed by atoms with van der Waals surface area (Å²) < 4.78 is 0. The molecule has 0 aliphatic carbocycles. The third-order valence-corrected chi connectivity index (χ3v) is 2.00. The zero-order chi connectivity index (χ0) is 8.97. The second kappa shape index (κ2) is 4.04. The molecule has 1 rings (SSSR count). The van der Waals surface area contributed by atoms with Gasteiger partial charge >= 0.3 is 0 Å². The fraction of sp³-hybridized carbons (Fsp3) is 0.857. The zero-order valence-electron chi connectivity index (χ0n) is 7.19. The molecule has 5 nitrogen and oxygen atoms in total. The van der Waals surface area contributed by atoms with E-state index in [2.05, 4.69) is 4.99 Å². The number of nitrogens with zero attached hydrogens (tertiary/aromatic N) is 3. The minimum Gasteiger partial charge on any atom is -0.355 e. The van der Waals surface area contributed by atoms with Gasteiger partial charge in [-0.05, 0) is 12.8 Å². The van der Waals surface area contributed by atoms with Gasteiger partial charge in [-0.2, -0.15) is 0 Å². The molecule has 0 unspecified atom stereocenters. The molecule has 12 heavy (non-hydrogen) atoms. The number of nitro groups is 1. The molecule has 1 fully saturated rings. The number of amidine groups is 1. The lowest BCUT2D eigenvalue weighted by Crippen LogP contribution is -2.33. The normalized spacial score (nSPS) is 18.4. The first kappa shape index (κ1) is 8.96. The van der Waals surface area contributed by atoms with Gasteiger partial charge in [0.15, 0.2) is 5.84 Å². The summed E-state index contributed by atoms with van der Waals surface area (Å²) in [7, 11) is 1.61. The van der Waals surface area contributed by atoms with Crippen LogP contribution < -0.4 is 0 Å². The van der Waals surface area contributed by atoms with Gasteiger partial charge in [0.25, 0.3) is 6.54 Å². The first-order valence-corrected chi connectivity index (χ1v) is 4.06. The van der Waals surface area contributed by atoms with Crippen molar-refractivity contribution in [2.45, 2.75) is 12.8 Å². The van der Waals surface area contributed by atoms with E-state index >= 15 is 0 Å². The highest BCUT2D eigenvalue weighted by Gasteiger charge is 2.18. The van der Waals surface area contributed by atoms with Crippen LogP contribution in [0, 0.1) is 10.1 Å². The molecule has 1 saturated heterocycles. The van der Waals surface area contributed by atoms with Crippen molar-refractivity contribution in [3.63, 3.8) is 0 Å². The van der Waals surface area contributed by atoms with Gasteiger partial charge in [0.2, 0.25) is 0 Å². The van der Waals surface area contributed by atoms with E-state index in [4.69, 9.17) is 0 Å². The Balaban J connectivity index is 2.50. The van der Waals surface area contributed by atoms with Gasteiger partial charge in [-0.3, -0.25) is 15.1 Å². The Kier molecular flexibility index (Phi) is 3.01. The van der Waals surface area contributed by atoms with E-state index in [1.54, 1.807) is 7.05 Å². The standard InChI is InChI=1S/C7H13N3O2/c1-8-7(6-10(11)12)9-4-2-3-5-9/h2-6H2,1H3. The lowest BCUT2D eigenvalue weighted by molar-refractivity contribution is -0.464. The van der Waals surface area contributed by atoms with E-state index in [0.29, 0.717) is 5.84 Å². The third kappa shape index (κ3) is 2.18. The maximum atomic E-state index is 10.2. The molecule has 0 spiro atoms. The van der Waals surface area contributed by atoms with Crippen LogP contribution in [-0.4, -0.2) is 42.3 Å². The van der Waals surface area contributed by atoms with Crippen LogP contribution in [0.3, 0.4) is 0 Å². The van der Waals surface area contributed by atoms with E-state index in [-0.39, 0.29) is 11.5 Å². The minimum absolute atomic E-state index is 0.142. The quantitative estimate of drug-likeness (QED) is 0.261. The second-order valence-corrected chi connectivity index (χ2v) is 2.82. The van der Waals surface area contributed by atoms with Crippen LogP contribution in [0.4, 0.5) is 0 Å². The summed E-state index contributed by atoms with van der Waals surface area (Å²) in [5, 5.41) is 10.2. The van der Waals surface area contributed by atoms with Crippen molar-refractivity contribution in [3.8, 4) is 0 Å². The summed E-state index contributed by atoms with van der Waals surface area (Å²) in [4.78, 5) is 15.8. The highest BCUT2D eigenvalue weighted by Crippen LogP contribution is 2.08. The van der Waals surface area contributed by atoms with E-state index < -0.39 is 0 Å². The van der Waals surface area contributed by atoms with Gasteiger partial charge in [-0.25, -0.2) is 0 Å². The van der Waals surface area contributed by atoms with Crippen molar-refractivity contribution in [1.29, 1.82) is 0 Å². The van der Waals surface area contributed by atoms with Crippen molar-refractivity contribution in [2.24, 2.45) is 4.99 Å². The van der Waals surface area contributed by atoms with Crippen LogP contribution in [0.25, 0.3) is 0 Å². The second-order valence-electron chi connectivity index (χ2n) is 2.82. The fourth-order valence-electron chi connectivity index (χ4n) is 1.40. The average Bonchev–Trinajstić information content (AvgIpc) is 2.51. The van der Waals surface area contributed by atoms with Gasteiger partial charge in [0, 0.05) is 25.1 Å². The molecule has 1 aliphatic rings. The van der Waals surface area contributed by atoms with Crippen LogP contribution in [-0.2, 0) is 0 Å². The van der Waals surface area contributed by atoms with Crippen molar-refractivity contribution in [1.82, 2.24) is 4.90 Å². The van der Waals surface area contributed by atoms with Crippen molar-refractivity contribution < 1.29 is 4.92 Å². The Morgan fingerprint density at radius 3 is 2.58 bits per heavy atom. The van der Waals surface area contributed by atoms with Crippen LogP contribution in [0.1, 0.15) is 12.8 Å². The first-order valence-electron chi connectivity index (χ1n) is 4.06. The first-order chi connectivity index (χ1) is 5.74. The SMILES string of the molecule is CN=C(C[N+](=O)[O-])N1CCCC1. The summed E-state index contributed by atoms with van der Waals surface area (Å²) in [6.45, 7) is 1.69. The molecule has 0 amide bonds. The van der Waals surface area contributed by atoms with Crippen molar-refractivity contribution >= 4 is 5.84 Å². The number of hydrogen-bond acceptors (Lipinski definition) is 3. The molecule has 0 aromatic heterocycles. The summed E-state index contributed by atoms with van der Waals surface area (Å²) in [6, 6.07) is 0. The smallest absolute Gasteiger partial charge is 0.260 e. The maximum absolute atomic E-state index is 10.2. The van der Waals surface area contributed by atoms with Gasteiger partial charge < -0.3 is 4.90 Å². The van der Waals surface area contributed by atoms with Crippen molar-refractivity contribution in [3.05, 3.63) is 10.1 Å². The Labute approximate surface area is 71.2 Å². The van der Waals surface area contributed by atoms with E-state index in [1.165, 1.54) is 0 Å². The summed E-state index contributed by atoms with van der Waals surface area (Å²) >= 11 is 0. The number of rotatable bonds is 2. The number of likely N-dealkylation sites (tertiary alicyclic amines) is 1. The summed E-state index contributed by atoms with van der Waals surface area (Å²) in [5.74, 6) is 0.609. The van der Waals surface area contributed by atoms with Gasteiger partial charge in [0.05, 0.1) is 0 Å².